The summed E-state index contributed by atoms with van der Waals surface area (Å²) in [6, 6.07) is 12.3. The van der Waals surface area contributed by atoms with Crippen LogP contribution in [0.3, 0.4) is 0 Å². The molecule has 5 nitrogen and oxygen atoms in total. The second-order valence-electron chi connectivity index (χ2n) is 5.79. The molecule has 0 bridgehead atoms. The summed E-state index contributed by atoms with van der Waals surface area (Å²) in [4.78, 5) is 12.4. The maximum atomic E-state index is 12.4. The zero-order chi connectivity index (χ0) is 19.4. The second kappa shape index (κ2) is 8.65. The molecular weight excluding hydrogens is 409 g/mol. The van der Waals surface area contributed by atoms with Gasteiger partial charge in [-0.2, -0.15) is 5.10 Å². The third kappa shape index (κ3) is 4.75. The molecule has 0 fully saturated rings. The molecule has 1 heterocycles. The van der Waals surface area contributed by atoms with Crippen molar-refractivity contribution in [3.05, 3.63) is 80.6 Å². The van der Waals surface area contributed by atoms with Gasteiger partial charge in [-0.05, 0) is 29.8 Å². The first-order valence-corrected chi connectivity index (χ1v) is 9.19. The number of nitrogens with one attached hydrogen (secondary N) is 1. The van der Waals surface area contributed by atoms with Crippen molar-refractivity contribution in [2.24, 2.45) is 7.05 Å². The molecule has 3 rings (SSSR count). The molecule has 0 spiro atoms. The lowest BCUT2D eigenvalue weighted by molar-refractivity contribution is 0.0950. The van der Waals surface area contributed by atoms with Gasteiger partial charge in [-0.1, -0.05) is 53.0 Å². The van der Waals surface area contributed by atoms with Crippen LogP contribution in [-0.2, 0) is 20.2 Å². The maximum Gasteiger partial charge on any atom is 0.251 e. The number of benzene rings is 2. The summed E-state index contributed by atoms with van der Waals surface area (Å²) in [5.74, 6) is 0.278. The molecule has 1 N–H and O–H groups in total. The van der Waals surface area contributed by atoms with E-state index in [9.17, 15) is 4.79 Å². The summed E-state index contributed by atoms with van der Waals surface area (Å²) >= 11 is 18.2. The number of carbonyl (C=O) groups excluding carboxylic acids is 1. The van der Waals surface area contributed by atoms with E-state index in [0.29, 0.717) is 26.4 Å². The van der Waals surface area contributed by atoms with Gasteiger partial charge in [0.05, 0.1) is 28.5 Å². The van der Waals surface area contributed by atoms with Gasteiger partial charge in [-0.3, -0.25) is 9.48 Å². The van der Waals surface area contributed by atoms with Gasteiger partial charge < -0.3 is 10.1 Å². The van der Waals surface area contributed by atoms with Gasteiger partial charge in [-0.15, -0.1) is 0 Å². The van der Waals surface area contributed by atoms with E-state index in [4.69, 9.17) is 39.5 Å². The minimum atomic E-state index is -0.213. The van der Waals surface area contributed by atoms with E-state index in [1.807, 2.05) is 6.07 Å². The average Bonchev–Trinajstić information content (AvgIpc) is 2.99. The molecule has 27 heavy (non-hydrogen) atoms. The van der Waals surface area contributed by atoms with Crippen LogP contribution in [0.15, 0.2) is 48.7 Å². The van der Waals surface area contributed by atoms with E-state index in [1.54, 1.807) is 54.3 Å². The van der Waals surface area contributed by atoms with Gasteiger partial charge >= 0.3 is 0 Å². The molecule has 0 saturated carbocycles. The van der Waals surface area contributed by atoms with Crippen molar-refractivity contribution in [1.82, 2.24) is 15.1 Å². The number of halogens is 3. The highest BCUT2D eigenvalue weighted by atomic mass is 35.5. The van der Waals surface area contributed by atoms with Gasteiger partial charge in [-0.25, -0.2) is 0 Å². The van der Waals surface area contributed by atoms with Crippen LogP contribution in [-0.4, -0.2) is 15.7 Å². The number of carbonyl (C=O) groups is 1. The molecular formula is C19H16Cl3N3O2. The Morgan fingerprint density at radius 1 is 1.15 bits per heavy atom. The predicted octanol–water partition coefficient (Wildman–Crippen LogP) is 4.89. The molecule has 8 heteroatoms. The topological polar surface area (TPSA) is 56.2 Å². The van der Waals surface area contributed by atoms with Gasteiger partial charge in [0, 0.05) is 12.6 Å². The number of rotatable bonds is 6. The molecule has 2 aromatic carbocycles. The summed E-state index contributed by atoms with van der Waals surface area (Å²) in [5.41, 5.74) is 2.09. The molecule has 1 aromatic heterocycles. The lowest BCUT2D eigenvalue weighted by atomic mass is 10.1. The molecule has 3 aromatic rings. The van der Waals surface area contributed by atoms with Gasteiger partial charge in [0.25, 0.3) is 5.91 Å². The smallest absolute Gasteiger partial charge is 0.251 e. The summed E-state index contributed by atoms with van der Waals surface area (Å²) in [6.07, 6.45) is 1.54. The summed E-state index contributed by atoms with van der Waals surface area (Å²) in [7, 11) is 1.77. The Hall–Kier alpha value is -2.21. The second-order valence-corrected chi connectivity index (χ2v) is 6.98. The fraction of sp³-hybridized carbons (Fsp3) is 0.158. The third-order valence-electron chi connectivity index (χ3n) is 3.93. The number of ether oxygens (including phenoxy) is 1. The Morgan fingerprint density at radius 3 is 2.67 bits per heavy atom. The Labute approximate surface area is 171 Å². The molecule has 0 atom stereocenters. The summed E-state index contributed by atoms with van der Waals surface area (Å²) in [6.45, 7) is 0.543. The first kappa shape index (κ1) is 19.5. The van der Waals surface area contributed by atoms with Crippen molar-refractivity contribution < 1.29 is 9.53 Å². The van der Waals surface area contributed by atoms with Crippen molar-refractivity contribution >= 4 is 40.7 Å². The number of aryl methyl sites for hydroxylation is 1. The molecule has 0 aliphatic carbocycles. The number of nitrogens with zero attached hydrogens (tertiary/aromatic N) is 2. The highest BCUT2D eigenvalue weighted by molar-refractivity contribution is 6.42. The maximum absolute atomic E-state index is 12.4. The Kier molecular flexibility index (Phi) is 6.26. The molecule has 1 amide bonds. The normalized spacial score (nSPS) is 10.7. The Bertz CT molecular complexity index is 953. The molecule has 0 aliphatic heterocycles. The standard InChI is InChI=1S/C19H16Cl3N3O2/c1-25-16(15(21)9-24-25)10-23-19(26)13-5-2-4-12(8-13)11-27-17-7-3-6-14(20)18(17)22/h2-9H,10-11H2,1H3,(H,23,26). The van der Waals surface area contributed by atoms with Crippen LogP contribution in [0.25, 0.3) is 0 Å². The predicted molar refractivity (Wildman–Crippen MR) is 107 cm³/mol. The number of hydrogen-bond acceptors (Lipinski definition) is 3. The first-order chi connectivity index (χ1) is 13.0. The van der Waals surface area contributed by atoms with Crippen LogP contribution in [0.5, 0.6) is 5.75 Å². The fourth-order valence-electron chi connectivity index (χ4n) is 2.46. The number of aromatic nitrogens is 2. The van der Waals surface area contributed by atoms with E-state index in [2.05, 4.69) is 10.4 Å². The summed E-state index contributed by atoms with van der Waals surface area (Å²) < 4.78 is 7.34. The SMILES string of the molecule is Cn1ncc(Cl)c1CNC(=O)c1cccc(COc2cccc(Cl)c2Cl)c1. The minimum absolute atomic E-state index is 0.213. The largest absolute Gasteiger partial charge is 0.487 e. The quantitative estimate of drug-likeness (QED) is 0.613. The van der Waals surface area contributed by atoms with Crippen molar-refractivity contribution in [1.29, 1.82) is 0 Å². The van der Waals surface area contributed by atoms with Crippen molar-refractivity contribution in [3.63, 3.8) is 0 Å². The number of amides is 1. The van der Waals surface area contributed by atoms with Gasteiger partial charge in [0.2, 0.25) is 0 Å². The van der Waals surface area contributed by atoms with Crippen LogP contribution in [0.4, 0.5) is 0 Å². The van der Waals surface area contributed by atoms with Crippen LogP contribution < -0.4 is 10.1 Å². The molecule has 0 aliphatic rings. The molecule has 140 valence electrons. The van der Waals surface area contributed by atoms with E-state index in [1.165, 1.54) is 0 Å². The molecule has 0 unspecified atom stereocenters. The van der Waals surface area contributed by atoms with E-state index < -0.39 is 0 Å². The lowest BCUT2D eigenvalue weighted by Gasteiger charge is -2.10. The average molecular weight is 425 g/mol. The van der Waals surface area contributed by atoms with Crippen molar-refractivity contribution in [2.75, 3.05) is 0 Å². The van der Waals surface area contributed by atoms with Crippen LogP contribution >= 0.6 is 34.8 Å². The number of hydrogen-bond donors (Lipinski definition) is 1. The molecule has 0 radical (unpaired) electrons. The van der Waals surface area contributed by atoms with Gasteiger partial charge in [0.1, 0.15) is 17.4 Å². The Morgan fingerprint density at radius 2 is 1.93 bits per heavy atom. The van der Waals surface area contributed by atoms with Crippen LogP contribution in [0, 0.1) is 0 Å². The van der Waals surface area contributed by atoms with Crippen molar-refractivity contribution in [2.45, 2.75) is 13.2 Å². The minimum Gasteiger partial charge on any atom is -0.487 e. The van der Waals surface area contributed by atoms with E-state index >= 15 is 0 Å². The lowest BCUT2D eigenvalue weighted by Crippen LogP contribution is -2.24. The van der Waals surface area contributed by atoms with E-state index in [-0.39, 0.29) is 19.1 Å². The highest BCUT2D eigenvalue weighted by Gasteiger charge is 2.11. The van der Waals surface area contributed by atoms with Crippen molar-refractivity contribution in [3.8, 4) is 5.75 Å². The Balaban J connectivity index is 1.64. The summed E-state index contributed by atoms with van der Waals surface area (Å²) in [5, 5.41) is 8.18. The zero-order valence-corrected chi connectivity index (χ0v) is 16.6. The fourth-order valence-corrected chi connectivity index (χ4v) is 3.04. The van der Waals surface area contributed by atoms with Gasteiger partial charge in [0.15, 0.2) is 0 Å². The zero-order valence-electron chi connectivity index (χ0n) is 14.4. The molecule has 0 saturated heterocycles. The van der Waals surface area contributed by atoms with Crippen LogP contribution in [0.2, 0.25) is 15.1 Å². The first-order valence-electron chi connectivity index (χ1n) is 8.06. The van der Waals surface area contributed by atoms with Crippen LogP contribution in [0.1, 0.15) is 21.6 Å². The monoisotopic (exact) mass is 423 g/mol. The third-order valence-corrected chi connectivity index (χ3v) is 5.04. The highest BCUT2D eigenvalue weighted by Crippen LogP contribution is 2.31. The van der Waals surface area contributed by atoms with E-state index in [0.717, 1.165) is 11.3 Å².